The molecule has 1 aromatic carbocycles. The molecule has 0 saturated carbocycles. The molecule has 1 rings (SSSR count). The summed E-state index contributed by atoms with van der Waals surface area (Å²) in [7, 11) is 0. The van der Waals surface area contributed by atoms with Crippen LogP contribution in [0.5, 0.6) is 5.75 Å². The number of nitrogens with one attached hydrogen (secondary N) is 2. The summed E-state index contributed by atoms with van der Waals surface area (Å²) >= 11 is 0. The van der Waals surface area contributed by atoms with Crippen LogP contribution in [0.25, 0.3) is 0 Å². The number of carbonyl (C=O) groups is 2. The zero-order chi connectivity index (χ0) is 19.3. The summed E-state index contributed by atoms with van der Waals surface area (Å²) in [6.07, 6.45) is -9.45. The van der Waals surface area contributed by atoms with Crippen molar-refractivity contribution in [2.24, 2.45) is 0 Å². The first-order valence-corrected chi connectivity index (χ1v) is 6.93. The Balaban J connectivity index is 2.84. The fraction of sp³-hybridized carbons (Fsp3) is 0.429. The van der Waals surface area contributed by atoms with Crippen LogP contribution in [0.4, 0.5) is 31.1 Å². The molecule has 0 spiro atoms. The van der Waals surface area contributed by atoms with Crippen molar-refractivity contribution in [1.29, 1.82) is 0 Å². The molecule has 0 unspecified atom stereocenters. The molecule has 3 amide bonds. The number of imide groups is 1. The van der Waals surface area contributed by atoms with Crippen LogP contribution < -0.4 is 15.4 Å². The zero-order valence-electron chi connectivity index (χ0n) is 12.8. The van der Waals surface area contributed by atoms with Crippen LogP contribution in [0.2, 0.25) is 0 Å². The van der Waals surface area contributed by atoms with E-state index >= 15 is 0 Å². The Kier molecular flexibility index (Phi) is 6.65. The van der Waals surface area contributed by atoms with Crippen molar-refractivity contribution in [1.82, 2.24) is 10.6 Å². The minimum absolute atomic E-state index is 0.0644. The topological polar surface area (TPSA) is 67.4 Å². The fourth-order valence-corrected chi connectivity index (χ4v) is 1.60. The van der Waals surface area contributed by atoms with E-state index in [1.54, 1.807) is 6.92 Å². The van der Waals surface area contributed by atoms with E-state index < -0.39 is 47.8 Å². The normalized spacial score (nSPS) is 11.8. The maximum absolute atomic E-state index is 12.7. The maximum atomic E-state index is 12.7. The molecule has 1 aromatic rings. The third kappa shape index (κ3) is 6.89. The number of hydrogen-bond donors (Lipinski definition) is 2. The lowest BCUT2D eigenvalue weighted by atomic mass is 10.1. The van der Waals surface area contributed by atoms with Gasteiger partial charge in [-0.3, -0.25) is 10.1 Å². The molecule has 0 radical (unpaired) electrons. The summed E-state index contributed by atoms with van der Waals surface area (Å²) in [5.41, 5.74) is -3.14. The molecule has 0 bridgehead atoms. The second kappa shape index (κ2) is 8.08. The molecule has 0 aliphatic carbocycles. The highest BCUT2D eigenvalue weighted by Crippen LogP contribution is 2.38. The average Bonchev–Trinajstić information content (AvgIpc) is 2.49. The molecular weight excluding hydrogens is 358 g/mol. The number of benzene rings is 1. The van der Waals surface area contributed by atoms with Crippen LogP contribution in [0, 0.1) is 0 Å². The SMILES string of the molecule is CCCNC(=O)NC(=O)COc1cc(C(F)(F)F)cc(C(F)(F)F)c1. The van der Waals surface area contributed by atoms with Crippen molar-refractivity contribution < 1.29 is 40.7 Å². The highest BCUT2D eigenvalue weighted by molar-refractivity contribution is 5.94. The number of rotatable bonds is 5. The number of ether oxygens (including phenoxy) is 1. The van der Waals surface area contributed by atoms with Crippen LogP contribution in [0.15, 0.2) is 18.2 Å². The van der Waals surface area contributed by atoms with Gasteiger partial charge in [0.05, 0.1) is 11.1 Å². The Morgan fingerprint density at radius 3 is 1.96 bits per heavy atom. The predicted octanol–water partition coefficient (Wildman–Crippen LogP) is 3.34. The van der Waals surface area contributed by atoms with E-state index in [0.29, 0.717) is 18.6 Å². The van der Waals surface area contributed by atoms with Gasteiger partial charge in [0.25, 0.3) is 5.91 Å². The number of hydrogen-bond acceptors (Lipinski definition) is 3. The number of halogens is 6. The molecule has 0 heterocycles. The minimum Gasteiger partial charge on any atom is -0.484 e. The van der Waals surface area contributed by atoms with E-state index in [1.807, 2.05) is 5.32 Å². The van der Waals surface area contributed by atoms with E-state index in [-0.39, 0.29) is 12.6 Å². The third-order valence-corrected chi connectivity index (χ3v) is 2.72. The van der Waals surface area contributed by atoms with Gasteiger partial charge in [-0.2, -0.15) is 26.3 Å². The Labute approximate surface area is 138 Å². The van der Waals surface area contributed by atoms with E-state index in [1.165, 1.54) is 0 Å². The molecular formula is C14H14F6N2O3. The first kappa shape index (κ1) is 20.6. The maximum Gasteiger partial charge on any atom is 0.416 e. The third-order valence-electron chi connectivity index (χ3n) is 2.72. The summed E-state index contributed by atoms with van der Waals surface area (Å²) in [5, 5.41) is 4.11. The largest absolute Gasteiger partial charge is 0.484 e. The van der Waals surface area contributed by atoms with Gasteiger partial charge in [0, 0.05) is 6.54 Å². The number of carbonyl (C=O) groups excluding carboxylic acids is 2. The number of urea groups is 1. The lowest BCUT2D eigenvalue weighted by molar-refractivity contribution is -0.143. The van der Waals surface area contributed by atoms with Crippen LogP contribution in [0.1, 0.15) is 24.5 Å². The van der Waals surface area contributed by atoms with E-state index in [4.69, 9.17) is 0 Å². The van der Waals surface area contributed by atoms with Gasteiger partial charge in [-0.05, 0) is 24.6 Å². The number of amides is 3. The minimum atomic E-state index is -5.03. The molecule has 11 heteroatoms. The Morgan fingerprint density at radius 1 is 1.00 bits per heavy atom. The highest BCUT2D eigenvalue weighted by Gasteiger charge is 2.37. The van der Waals surface area contributed by atoms with Crippen molar-refractivity contribution in [3.8, 4) is 5.75 Å². The van der Waals surface area contributed by atoms with Crippen molar-refractivity contribution in [3.63, 3.8) is 0 Å². The molecule has 0 aliphatic heterocycles. The molecule has 0 fully saturated rings. The molecule has 0 atom stereocenters. The Morgan fingerprint density at radius 2 is 1.52 bits per heavy atom. The first-order valence-electron chi connectivity index (χ1n) is 6.93. The van der Waals surface area contributed by atoms with Crippen LogP contribution >= 0.6 is 0 Å². The van der Waals surface area contributed by atoms with Crippen molar-refractivity contribution in [2.45, 2.75) is 25.7 Å². The quantitative estimate of drug-likeness (QED) is 0.779. The molecule has 0 aromatic heterocycles. The van der Waals surface area contributed by atoms with E-state index in [0.717, 1.165) is 0 Å². The van der Waals surface area contributed by atoms with Crippen LogP contribution in [0.3, 0.4) is 0 Å². The average molecular weight is 372 g/mol. The smallest absolute Gasteiger partial charge is 0.416 e. The monoisotopic (exact) mass is 372 g/mol. The molecule has 140 valence electrons. The fourth-order valence-electron chi connectivity index (χ4n) is 1.60. The highest BCUT2D eigenvalue weighted by atomic mass is 19.4. The van der Waals surface area contributed by atoms with Crippen LogP contribution in [-0.2, 0) is 17.1 Å². The standard InChI is InChI=1S/C14H14F6N2O3/c1-2-3-21-12(24)22-11(23)7-25-10-5-8(13(15,16)17)4-9(6-10)14(18,19)20/h4-6H,2-3,7H2,1H3,(H2,21,22,23,24). The molecule has 5 nitrogen and oxygen atoms in total. The summed E-state index contributed by atoms with van der Waals surface area (Å²) in [6, 6.07) is -0.250. The van der Waals surface area contributed by atoms with E-state index in [2.05, 4.69) is 10.1 Å². The lowest BCUT2D eigenvalue weighted by Crippen LogP contribution is -2.41. The van der Waals surface area contributed by atoms with Gasteiger partial charge in [-0.25, -0.2) is 4.79 Å². The Bertz CT molecular complexity index is 596. The second-order valence-corrected chi connectivity index (χ2v) is 4.83. The van der Waals surface area contributed by atoms with Crippen molar-refractivity contribution in [3.05, 3.63) is 29.3 Å². The van der Waals surface area contributed by atoms with Gasteiger partial charge in [-0.1, -0.05) is 6.92 Å². The molecule has 0 saturated heterocycles. The lowest BCUT2D eigenvalue weighted by Gasteiger charge is -2.14. The summed E-state index contributed by atoms with van der Waals surface area (Å²) in [5.74, 6) is -1.83. The predicted molar refractivity (Wildman–Crippen MR) is 73.8 cm³/mol. The molecule has 2 N–H and O–H groups in total. The van der Waals surface area contributed by atoms with Gasteiger partial charge in [-0.15, -0.1) is 0 Å². The van der Waals surface area contributed by atoms with Crippen molar-refractivity contribution in [2.75, 3.05) is 13.2 Å². The van der Waals surface area contributed by atoms with Crippen LogP contribution in [-0.4, -0.2) is 25.1 Å². The summed E-state index contributed by atoms with van der Waals surface area (Å²) in [6.45, 7) is 1.11. The van der Waals surface area contributed by atoms with E-state index in [9.17, 15) is 35.9 Å². The molecule has 25 heavy (non-hydrogen) atoms. The van der Waals surface area contributed by atoms with Gasteiger partial charge >= 0.3 is 18.4 Å². The number of alkyl halides is 6. The summed E-state index contributed by atoms with van der Waals surface area (Å²) in [4.78, 5) is 22.6. The van der Waals surface area contributed by atoms with Crippen molar-refractivity contribution >= 4 is 11.9 Å². The first-order chi connectivity index (χ1) is 11.4. The van der Waals surface area contributed by atoms with Gasteiger partial charge in [0.2, 0.25) is 0 Å². The van der Waals surface area contributed by atoms with Gasteiger partial charge < -0.3 is 10.1 Å². The summed E-state index contributed by atoms with van der Waals surface area (Å²) < 4.78 is 80.7. The van der Waals surface area contributed by atoms with Gasteiger partial charge in [0.15, 0.2) is 6.61 Å². The second-order valence-electron chi connectivity index (χ2n) is 4.83. The van der Waals surface area contributed by atoms with Gasteiger partial charge in [0.1, 0.15) is 5.75 Å². The Hall–Kier alpha value is -2.46. The molecule has 0 aliphatic rings. The zero-order valence-corrected chi connectivity index (χ0v) is 12.8.